The van der Waals surface area contributed by atoms with Gasteiger partial charge in [0.1, 0.15) is 5.75 Å². The SMILES string of the molecule is CCOc1ccc(Br)cc1CNCCOC.Cl. The van der Waals surface area contributed by atoms with Gasteiger partial charge in [-0.1, -0.05) is 15.9 Å². The van der Waals surface area contributed by atoms with Crippen LogP contribution in [0.15, 0.2) is 22.7 Å². The lowest BCUT2D eigenvalue weighted by Crippen LogP contribution is -2.19. The van der Waals surface area contributed by atoms with E-state index in [2.05, 4.69) is 27.3 Å². The molecular formula is C12H19BrClNO2. The smallest absolute Gasteiger partial charge is 0.123 e. The van der Waals surface area contributed by atoms with Gasteiger partial charge in [-0.25, -0.2) is 0 Å². The largest absolute Gasteiger partial charge is 0.494 e. The van der Waals surface area contributed by atoms with Crippen molar-refractivity contribution in [3.63, 3.8) is 0 Å². The predicted octanol–water partition coefficient (Wildman–Crippen LogP) is 3.01. The predicted molar refractivity (Wildman–Crippen MR) is 76.1 cm³/mol. The summed E-state index contributed by atoms with van der Waals surface area (Å²) in [4.78, 5) is 0. The van der Waals surface area contributed by atoms with E-state index in [1.54, 1.807) is 7.11 Å². The first kappa shape index (κ1) is 16.7. The molecule has 0 unspecified atom stereocenters. The number of methoxy groups -OCH3 is 1. The first-order chi connectivity index (χ1) is 7.77. The van der Waals surface area contributed by atoms with Crippen LogP contribution in [0.4, 0.5) is 0 Å². The molecule has 1 aromatic rings. The van der Waals surface area contributed by atoms with Crippen LogP contribution in [-0.2, 0) is 11.3 Å². The van der Waals surface area contributed by atoms with E-state index in [9.17, 15) is 0 Å². The molecule has 0 aliphatic rings. The van der Waals surface area contributed by atoms with Crippen LogP contribution in [0.5, 0.6) is 5.75 Å². The third-order valence-electron chi connectivity index (χ3n) is 2.12. The number of hydrogen-bond donors (Lipinski definition) is 1. The van der Waals surface area contributed by atoms with E-state index in [0.29, 0.717) is 6.61 Å². The maximum atomic E-state index is 5.56. The van der Waals surface area contributed by atoms with Gasteiger partial charge < -0.3 is 14.8 Å². The Balaban J connectivity index is 0.00000256. The summed E-state index contributed by atoms with van der Waals surface area (Å²) in [5, 5.41) is 3.30. The maximum absolute atomic E-state index is 5.56. The Kier molecular flexibility index (Phi) is 9.55. The summed E-state index contributed by atoms with van der Waals surface area (Å²) in [5.74, 6) is 0.940. The molecule has 1 aromatic carbocycles. The van der Waals surface area contributed by atoms with Crippen molar-refractivity contribution in [2.75, 3.05) is 26.9 Å². The summed E-state index contributed by atoms with van der Waals surface area (Å²) in [5.41, 5.74) is 1.16. The van der Waals surface area contributed by atoms with Crippen molar-refractivity contribution in [2.45, 2.75) is 13.5 Å². The molecule has 5 heteroatoms. The monoisotopic (exact) mass is 323 g/mol. The fourth-order valence-electron chi connectivity index (χ4n) is 1.38. The first-order valence-electron chi connectivity index (χ1n) is 5.38. The first-order valence-corrected chi connectivity index (χ1v) is 6.18. The Labute approximate surface area is 117 Å². The second-order valence-corrected chi connectivity index (χ2v) is 4.27. The molecule has 0 aliphatic heterocycles. The van der Waals surface area contributed by atoms with Crippen LogP contribution < -0.4 is 10.1 Å². The van der Waals surface area contributed by atoms with E-state index < -0.39 is 0 Å². The number of ether oxygens (including phenoxy) is 2. The summed E-state index contributed by atoms with van der Waals surface area (Å²) < 4.78 is 11.6. The Bertz CT molecular complexity index is 323. The van der Waals surface area contributed by atoms with E-state index in [0.717, 1.165) is 35.5 Å². The van der Waals surface area contributed by atoms with Gasteiger partial charge in [0.25, 0.3) is 0 Å². The third kappa shape index (κ3) is 6.27. The lowest BCUT2D eigenvalue weighted by atomic mass is 10.2. The molecule has 98 valence electrons. The van der Waals surface area contributed by atoms with Crippen molar-refractivity contribution in [1.82, 2.24) is 5.32 Å². The Morgan fingerprint density at radius 2 is 2.12 bits per heavy atom. The zero-order chi connectivity index (χ0) is 11.8. The van der Waals surface area contributed by atoms with Gasteiger partial charge >= 0.3 is 0 Å². The van der Waals surface area contributed by atoms with Crippen molar-refractivity contribution in [3.05, 3.63) is 28.2 Å². The lowest BCUT2D eigenvalue weighted by molar-refractivity contribution is 0.199. The van der Waals surface area contributed by atoms with Gasteiger partial charge in [-0.3, -0.25) is 0 Å². The maximum Gasteiger partial charge on any atom is 0.123 e. The molecule has 3 nitrogen and oxygen atoms in total. The zero-order valence-corrected chi connectivity index (χ0v) is 12.6. The van der Waals surface area contributed by atoms with E-state index in [1.165, 1.54) is 0 Å². The highest BCUT2D eigenvalue weighted by atomic mass is 79.9. The van der Waals surface area contributed by atoms with Gasteiger partial charge in [-0.15, -0.1) is 12.4 Å². The minimum Gasteiger partial charge on any atom is -0.494 e. The van der Waals surface area contributed by atoms with Crippen LogP contribution >= 0.6 is 28.3 Å². The topological polar surface area (TPSA) is 30.5 Å². The number of benzene rings is 1. The van der Waals surface area contributed by atoms with Crippen molar-refractivity contribution < 1.29 is 9.47 Å². The average molecular weight is 325 g/mol. The van der Waals surface area contributed by atoms with Crippen LogP contribution in [0.2, 0.25) is 0 Å². The van der Waals surface area contributed by atoms with Crippen LogP contribution in [-0.4, -0.2) is 26.9 Å². The summed E-state index contributed by atoms with van der Waals surface area (Å²) in [6, 6.07) is 6.05. The lowest BCUT2D eigenvalue weighted by Gasteiger charge is -2.11. The molecule has 0 fully saturated rings. The zero-order valence-electron chi connectivity index (χ0n) is 10.2. The average Bonchev–Trinajstić information content (AvgIpc) is 2.28. The fourth-order valence-corrected chi connectivity index (χ4v) is 1.79. The molecule has 17 heavy (non-hydrogen) atoms. The molecule has 0 saturated carbocycles. The molecule has 1 N–H and O–H groups in total. The van der Waals surface area contributed by atoms with Crippen molar-refractivity contribution in [3.8, 4) is 5.75 Å². The van der Waals surface area contributed by atoms with Gasteiger partial charge in [0, 0.05) is 30.2 Å². The minimum absolute atomic E-state index is 0. The highest BCUT2D eigenvalue weighted by Gasteiger charge is 2.03. The summed E-state index contributed by atoms with van der Waals surface area (Å²) in [6.07, 6.45) is 0. The Morgan fingerprint density at radius 3 is 2.76 bits per heavy atom. The molecule has 0 heterocycles. The molecule has 0 aliphatic carbocycles. The van der Waals surface area contributed by atoms with Crippen LogP contribution in [0.1, 0.15) is 12.5 Å². The van der Waals surface area contributed by atoms with Gasteiger partial charge in [-0.05, 0) is 25.1 Å². The van der Waals surface area contributed by atoms with E-state index >= 15 is 0 Å². The normalized spacial score (nSPS) is 9.82. The second-order valence-electron chi connectivity index (χ2n) is 3.35. The summed E-state index contributed by atoms with van der Waals surface area (Å²) >= 11 is 3.46. The minimum atomic E-state index is 0. The molecule has 0 atom stereocenters. The van der Waals surface area contributed by atoms with Crippen LogP contribution in [0.3, 0.4) is 0 Å². The highest BCUT2D eigenvalue weighted by Crippen LogP contribution is 2.23. The Hall–Kier alpha value is -0.290. The van der Waals surface area contributed by atoms with Crippen LogP contribution in [0, 0.1) is 0 Å². The standard InChI is InChI=1S/C12H18BrNO2.ClH/c1-3-16-12-5-4-11(13)8-10(12)9-14-6-7-15-2;/h4-5,8,14H,3,6-7,9H2,1-2H3;1H. The van der Waals surface area contributed by atoms with Gasteiger partial charge in [0.15, 0.2) is 0 Å². The Morgan fingerprint density at radius 1 is 1.35 bits per heavy atom. The van der Waals surface area contributed by atoms with Crippen molar-refractivity contribution in [2.24, 2.45) is 0 Å². The molecular weight excluding hydrogens is 305 g/mol. The van der Waals surface area contributed by atoms with E-state index in [-0.39, 0.29) is 12.4 Å². The third-order valence-corrected chi connectivity index (χ3v) is 2.61. The van der Waals surface area contributed by atoms with Crippen molar-refractivity contribution >= 4 is 28.3 Å². The molecule has 0 spiro atoms. The molecule has 1 rings (SSSR count). The van der Waals surface area contributed by atoms with Crippen LogP contribution in [0.25, 0.3) is 0 Å². The molecule has 0 aromatic heterocycles. The summed E-state index contributed by atoms with van der Waals surface area (Å²) in [7, 11) is 1.70. The number of rotatable bonds is 7. The van der Waals surface area contributed by atoms with E-state index in [1.807, 2.05) is 19.1 Å². The summed E-state index contributed by atoms with van der Waals surface area (Å²) in [6.45, 7) is 5.03. The van der Waals surface area contributed by atoms with Gasteiger partial charge in [-0.2, -0.15) is 0 Å². The quantitative estimate of drug-likeness (QED) is 0.782. The number of halogens is 2. The van der Waals surface area contributed by atoms with Crippen molar-refractivity contribution in [1.29, 1.82) is 0 Å². The van der Waals surface area contributed by atoms with E-state index in [4.69, 9.17) is 9.47 Å². The van der Waals surface area contributed by atoms with Gasteiger partial charge in [0.05, 0.1) is 13.2 Å². The molecule has 0 bridgehead atoms. The molecule has 0 amide bonds. The number of hydrogen-bond acceptors (Lipinski definition) is 3. The highest BCUT2D eigenvalue weighted by molar-refractivity contribution is 9.10. The molecule has 0 radical (unpaired) electrons. The molecule has 0 saturated heterocycles. The van der Waals surface area contributed by atoms with Gasteiger partial charge in [0.2, 0.25) is 0 Å². The fraction of sp³-hybridized carbons (Fsp3) is 0.500. The number of nitrogens with one attached hydrogen (secondary N) is 1. The second kappa shape index (κ2) is 9.71.